The molecule has 1 rings (SSSR count). The molecule has 0 radical (unpaired) electrons. The summed E-state index contributed by atoms with van der Waals surface area (Å²) in [5.41, 5.74) is 5.37. The molecule has 2 nitrogen and oxygen atoms in total. The normalized spacial score (nSPS) is 27.4. The zero-order valence-corrected chi connectivity index (χ0v) is 10.3. The molecule has 42 valence electrons. The van der Waals surface area contributed by atoms with E-state index in [4.69, 9.17) is 5.73 Å². The Balaban J connectivity index is 0.000000490. The van der Waals surface area contributed by atoms with Gasteiger partial charge in [-0.25, -0.2) is 0 Å². The molecule has 0 spiro atoms. The molecule has 0 saturated carbocycles. The summed E-state index contributed by atoms with van der Waals surface area (Å²) in [6.45, 7) is 2.88. The predicted octanol–water partition coefficient (Wildman–Crippen LogP) is -2.66. The van der Waals surface area contributed by atoms with E-state index in [1.807, 2.05) is 0 Å². The van der Waals surface area contributed by atoms with Crippen LogP contribution >= 0.6 is 0 Å². The largest absolute Gasteiger partial charge is 1.00 e. The van der Waals surface area contributed by atoms with E-state index in [-0.39, 0.29) is 58.2 Å². The Hall–Kier alpha value is 1.73. The molecule has 0 amide bonds. The van der Waals surface area contributed by atoms with Crippen LogP contribution in [0.1, 0.15) is 6.42 Å². The fourth-order valence-electron chi connectivity index (χ4n) is 0.831. The van der Waals surface area contributed by atoms with E-state index < -0.39 is 0 Å². The molecule has 8 heavy (non-hydrogen) atoms. The van der Waals surface area contributed by atoms with Gasteiger partial charge in [0.2, 0.25) is 0 Å². The molecule has 0 bridgehead atoms. The minimum absolute atomic E-state index is 0. The van der Waals surface area contributed by atoms with E-state index in [0.717, 1.165) is 19.6 Å². The second-order valence-electron chi connectivity index (χ2n) is 2.02. The van der Waals surface area contributed by atoms with Gasteiger partial charge in [0.05, 0.1) is 0 Å². The Morgan fingerprint density at radius 1 is 1.62 bits per heavy atom. The second-order valence-corrected chi connectivity index (χ2v) is 2.02. The summed E-state index contributed by atoms with van der Waals surface area (Å²) in [6.07, 6.45) is 1.22. The van der Waals surface area contributed by atoms with Crippen molar-refractivity contribution >= 4 is 0 Å². The summed E-state index contributed by atoms with van der Waals surface area (Å²) in [7, 11) is 0. The van der Waals surface area contributed by atoms with Crippen LogP contribution in [0.3, 0.4) is 0 Å². The molecule has 1 unspecified atom stereocenters. The Morgan fingerprint density at radius 2 is 2.38 bits per heavy atom. The molecule has 1 aliphatic heterocycles. The molecular formula is C5H11N2Rb. The summed E-state index contributed by atoms with van der Waals surface area (Å²) < 4.78 is 0. The zero-order chi connectivity index (χ0) is 5.11. The van der Waals surface area contributed by atoms with Gasteiger partial charge in [0.15, 0.2) is 0 Å². The smallest absolute Gasteiger partial charge is 0.662 e. The molecule has 0 aromatic rings. The molecule has 0 aromatic heterocycles. The summed E-state index contributed by atoms with van der Waals surface area (Å²) in [5.74, 6) is 0.708. The summed E-state index contributed by atoms with van der Waals surface area (Å²) in [6, 6.07) is 0. The van der Waals surface area contributed by atoms with Gasteiger partial charge >= 0.3 is 58.2 Å². The fourth-order valence-corrected chi connectivity index (χ4v) is 0.831. The van der Waals surface area contributed by atoms with Crippen LogP contribution in [0.15, 0.2) is 0 Å². The maximum Gasteiger partial charge on any atom is 1.00 e. The van der Waals surface area contributed by atoms with Crippen molar-refractivity contribution < 1.29 is 58.2 Å². The Morgan fingerprint density at radius 3 is 2.62 bits per heavy atom. The van der Waals surface area contributed by atoms with Crippen molar-refractivity contribution in [1.82, 2.24) is 0 Å². The average molecular weight is 185 g/mol. The number of hydrogen-bond donors (Lipinski definition) is 1. The topological polar surface area (TPSA) is 40.1 Å². The Labute approximate surface area is 99.4 Å². The van der Waals surface area contributed by atoms with E-state index in [1.54, 1.807) is 0 Å². The standard InChI is InChI=1S/C5H11N2.Rb/c6-3-5-1-2-7-4-5;/h5H,1-4,6H2;/q-1;+1. The summed E-state index contributed by atoms with van der Waals surface area (Å²) >= 11 is 0. The van der Waals surface area contributed by atoms with Gasteiger partial charge in [0.25, 0.3) is 0 Å². The van der Waals surface area contributed by atoms with Crippen LogP contribution in [-0.4, -0.2) is 19.6 Å². The molecule has 0 aliphatic carbocycles. The van der Waals surface area contributed by atoms with Gasteiger partial charge in [-0.15, -0.1) is 13.1 Å². The molecule has 0 aromatic carbocycles. The molecule has 1 aliphatic rings. The first-order valence-electron chi connectivity index (χ1n) is 2.77. The molecular weight excluding hydrogens is 174 g/mol. The number of hydrogen-bond acceptors (Lipinski definition) is 1. The SMILES string of the molecule is NCC1CC[N-]C1.[Rb+]. The minimum atomic E-state index is 0. The third kappa shape index (κ3) is 3.04. The van der Waals surface area contributed by atoms with Crippen molar-refractivity contribution in [1.29, 1.82) is 0 Å². The first kappa shape index (κ1) is 9.73. The van der Waals surface area contributed by atoms with Gasteiger partial charge in [-0.2, -0.15) is 0 Å². The van der Waals surface area contributed by atoms with E-state index in [2.05, 4.69) is 5.32 Å². The molecule has 3 heteroatoms. The van der Waals surface area contributed by atoms with Crippen LogP contribution in [0.4, 0.5) is 0 Å². The van der Waals surface area contributed by atoms with E-state index in [0.29, 0.717) is 5.92 Å². The molecule has 1 saturated heterocycles. The van der Waals surface area contributed by atoms with Crippen LogP contribution in [0, 0.1) is 5.92 Å². The first-order chi connectivity index (χ1) is 3.43. The predicted molar refractivity (Wildman–Crippen MR) is 30.3 cm³/mol. The van der Waals surface area contributed by atoms with Crippen LogP contribution in [0.2, 0.25) is 0 Å². The summed E-state index contributed by atoms with van der Waals surface area (Å²) in [5, 5.41) is 4.16. The number of rotatable bonds is 1. The quantitative estimate of drug-likeness (QED) is 0.475. The van der Waals surface area contributed by atoms with Crippen LogP contribution < -0.4 is 63.9 Å². The Bertz CT molecular complexity index is 52.4. The van der Waals surface area contributed by atoms with Gasteiger partial charge in [-0.05, 0) is 12.5 Å². The van der Waals surface area contributed by atoms with Crippen molar-refractivity contribution in [3.8, 4) is 0 Å². The molecule has 1 fully saturated rings. The van der Waals surface area contributed by atoms with Crippen LogP contribution in [-0.2, 0) is 0 Å². The van der Waals surface area contributed by atoms with Crippen LogP contribution in [0.5, 0.6) is 0 Å². The monoisotopic (exact) mass is 184 g/mol. The maximum atomic E-state index is 5.37. The van der Waals surface area contributed by atoms with Gasteiger partial charge in [0, 0.05) is 0 Å². The van der Waals surface area contributed by atoms with E-state index in [9.17, 15) is 0 Å². The maximum absolute atomic E-state index is 5.37. The third-order valence-corrected chi connectivity index (χ3v) is 1.42. The van der Waals surface area contributed by atoms with Crippen molar-refractivity contribution in [3.63, 3.8) is 0 Å². The fraction of sp³-hybridized carbons (Fsp3) is 1.00. The minimum Gasteiger partial charge on any atom is -0.662 e. The average Bonchev–Trinajstić information content (AvgIpc) is 2.14. The summed E-state index contributed by atoms with van der Waals surface area (Å²) in [4.78, 5) is 0. The molecule has 1 atom stereocenters. The first-order valence-corrected chi connectivity index (χ1v) is 2.77. The number of nitrogens with two attached hydrogens (primary N) is 1. The van der Waals surface area contributed by atoms with Crippen molar-refractivity contribution in [3.05, 3.63) is 5.32 Å². The number of nitrogens with zero attached hydrogens (tertiary/aromatic N) is 1. The van der Waals surface area contributed by atoms with E-state index in [1.165, 1.54) is 6.42 Å². The Kier molecular flexibility index (Phi) is 6.69. The van der Waals surface area contributed by atoms with Gasteiger partial charge in [-0.3, -0.25) is 0 Å². The van der Waals surface area contributed by atoms with Crippen molar-refractivity contribution in [2.75, 3.05) is 19.6 Å². The van der Waals surface area contributed by atoms with E-state index >= 15 is 0 Å². The second kappa shape index (κ2) is 5.51. The third-order valence-electron chi connectivity index (χ3n) is 1.42. The van der Waals surface area contributed by atoms with Crippen molar-refractivity contribution in [2.45, 2.75) is 6.42 Å². The van der Waals surface area contributed by atoms with Gasteiger partial charge in [0.1, 0.15) is 0 Å². The molecule has 2 N–H and O–H groups in total. The van der Waals surface area contributed by atoms with Gasteiger partial charge in [-0.1, -0.05) is 6.42 Å². The van der Waals surface area contributed by atoms with Crippen molar-refractivity contribution in [2.24, 2.45) is 11.7 Å². The zero-order valence-electron chi connectivity index (χ0n) is 5.43. The van der Waals surface area contributed by atoms with Crippen LogP contribution in [0.25, 0.3) is 5.32 Å². The van der Waals surface area contributed by atoms with Gasteiger partial charge < -0.3 is 11.1 Å². The molecule has 1 heterocycles.